The third-order valence-corrected chi connectivity index (χ3v) is 3.48. The molecule has 0 bridgehead atoms. The van der Waals surface area contributed by atoms with Gasteiger partial charge in [0.2, 0.25) is 0 Å². The SMILES string of the molecule is Cc1ccc(-c2nc3n(n2)CCCC3C(=O)O)cc1. The average Bonchev–Trinajstić information content (AvgIpc) is 2.82. The molecule has 0 saturated carbocycles. The lowest BCUT2D eigenvalue weighted by atomic mass is 10.00. The summed E-state index contributed by atoms with van der Waals surface area (Å²) < 4.78 is 1.73. The lowest BCUT2D eigenvalue weighted by molar-refractivity contribution is -0.139. The van der Waals surface area contributed by atoms with Gasteiger partial charge in [0.25, 0.3) is 0 Å². The summed E-state index contributed by atoms with van der Waals surface area (Å²) >= 11 is 0. The van der Waals surface area contributed by atoms with E-state index < -0.39 is 11.9 Å². The van der Waals surface area contributed by atoms with Crippen molar-refractivity contribution in [2.24, 2.45) is 0 Å². The molecule has 3 rings (SSSR count). The molecule has 1 N–H and O–H groups in total. The molecule has 1 unspecified atom stereocenters. The highest BCUT2D eigenvalue weighted by molar-refractivity contribution is 5.75. The number of hydrogen-bond acceptors (Lipinski definition) is 3. The standard InChI is InChI=1S/C14H15N3O2/c1-9-4-6-10(7-5-9)12-15-13-11(14(18)19)3-2-8-17(13)16-12/h4-7,11H,2-3,8H2,1H3,(H,18,19). The lowest BCUT2D eigenvalue weighted by Crippen LogP contribution is -2.22. The monoisotopic (exact) mass is 257 g/mol. The molecule has 0 amide bonds. The average molecular weight is 257 g/mol. The summed E-state index contributed by atoms with van der Waals surface area (Å²) in [7, 11) is 0. The Kier molecular flexibility index (Phi) is 2.81. The van der Waals surface area contributed by atoms with Gasteiger partial charge in [0.05, 0.1) is 0 Å². The van der Waals surface area contributed by atoms with Crippen LogP contribution in [0.5, 0.6) is 0 Å². The highest BCUT2D eigenvalue weighted by Crippen LogP contribution is 2.28. The van der Waals surface area contributed by atoms with Gasteiger partial charge in [-0.2, -0.15) is 5.10 Å². The zero-order valence-electron chi connectivity index (χ0n) is 10.7. The van der Waals surface area contributed by atoms with Crippen LogP contribution < -0.4 is 0 Å². The second-order valence-electron chi connectivity index (χ2n) is 4.92. The van der Waals surface area contributed by atoms with Gasteiger partial charge in [-0.05, 0) is 19.8 Å². The molecule has 5 heteroatoms. The smallest absolute Gasteiger partial charge is 0.314 e. The molecular formula is C14H15N3O2. The van der Waals surface area contributed by atoms with Crippen LogP contribution in [0.15, 0.2) is 24.3 Å². The molecule has 5 nitrogen and oxygen atoms in total. The molecular weight excluding hydrogens is 242 g/mol. The number of aromatic nitrogens is 3. The summed E-state index contributed by atoms with van der Waals surface area (Å²) in [5.74, 6) is -0.151. The normalized spacial score (nSPS) is 18.1. The minimum Gasteiger partial charge on any atom is -0.481 e. The Labute approximate surface area is 110 Å². The first kappa shape index (κ1) is 11.9. The van der Waals surface area contributed by atoms with Crippen LogP contribution in [0.3, 0.4) is 0 Å². The van der Waals surface area contributed by atoms with Gasteiger partial charge in [-0.15, -0.1) is 0 Å². The predicted molar refractivity (Wildman–Crippen MR) is 69.8 cm³/mol. The van der Waals surface area contributed by atoms with Crippen molar-refractivity contribution in [2.75, 3.05) is 0 Å². The number of nitrogens with zero attached hydrogens (tertiary/aromatic N) is 3. The Hall–Kier alpha value is -2.17. The highest BCUT2D eigenvalue weighted by Gasteiger charge is 2.29. The minimum absolute atomic E-state index is 0.527. The maximum absolute atomic E-state index is 11.2. The molecule has 98 valence electrons. The van der Waals surface area contributed by atoms with Gasteiger partial charge in [-0.3, -0.25) is 4.79 Å². The second kappa shape index (κ2) is 4.50. The van der Waals surface area contributed by atoms with Crippen molar-refractivity contribution in [3.05, 3.63) is 35.7 Å². The fourth-order valence-corrected chi connectivity index (χ4v) is 2.41. The molecule has 1 aromatic carbocycles. The van der Waals surface area contributed by atoms with Crippen LogP contribution >= 0.6 is 0 Å². The summed E-state index contributed by atoms with van der Waals surface area (Å²) in [4.78, 5) is 15.7. The van der Waals surface area contributed by atoms with Gasteiger partial charge in [-0.1, -0.05) is 29.8 Å². The van der Waals surface area contributed by atoms with Crippen molar-refractivity contribution in [1.29, 1.82) is 0 Å². The number of fused-ring (bicyclic) bond motifs is 1. The van der Waals surface area contributed by atoms with Crippen molar-refractivity contribution < 1.29 is 9.90 Å². The molecule has 2 aromatic rings. The molecule has 2 heterocycles. The summed E-state index contributed by atoms with van der Waals surface area (Å²) in [6.45, 7) is 2.77. The van der Waals surface area contributed by atoms with Crippen molar-refractivity contribution >= 4 is 5.97 Å². The van der Waals surface area contributed by atoms with E-state index in [-0.39, 0.29) is 0 Å². The Bertz CT molecular complexity index is 616. The Morgan fingerprint density at radius 1 is 1.37 bits per heavy atom. The maximum Gasteiger partial charge on any atom is 0.314 e. The third-order valence-electron chi connectivity index (χ3n) is 3.48. The number of aryl methyl sites for hydroxylation is 2. The largest absolute Gasteiger partial charge is 0.481 e. The van der Waals surface area contributed by atoms with Crippen LogP contribution in [0.1, 0.15) is 30.1 Å². The van der Waals surface area contributed by atoms with Crippen molar-refractivity contribution in [3.8, 4) is 11.4 Å². The molecule has 1 atom stereocenters. The van der Waals surface area contributed by atoms with E-state index in [4.69, 9.17) is 0 Å². The fourth-order valence-electron chi connectivity index (χ4n) is 2.41. The maximum atomic E-state index is 11.2. The van der Waals surface area contributed by atoms with Crippen LogP contribution in [0, 0.1) is 6.92 Å². The number of benzene rings is 1. The van der Waals surface area contributed by atoms with Crippen molar-refractivity contribution in [1.82, 2.24) is 14.8 Å². The second-order valence-corrected chi connectivity index (χ2v) is 4.92. The van der Waals surface area contributed by atoms with Crippen LogP contribution in [0.4, 0.5) is 0 Å². The molecule has 0 aliphatic carbocycles. The molecule has 1 aromatic heterocycles. The topological polar surface area (TPSA) is 68.0 Å². The molecule has 0 saturated heterocycles. The fraction of sp³-hybridized carbons (Fsp3) is 0.357. The molecule has 19 heavy (non-hydrogen) atoms. The van der Waals surface area contributed by atoms with Gasteiger partial charge in [0.1, 0.15) is 11.7 Å². The van der Waals surface area contributed by atoms with Crippen molar-refractivity contribution in [2.45, 2.75) is 32.2 Å². The van der Waals surface area contributed by atoms with Crippen molar-refractivity contribution in [3.63, 3.8) is 0 Å². The predicted octanol–water partition coefficient (Wildman–Crippen LogP) is 2.22. The first-order chi connectivity index (χ1) is 9.15. The van der Waals surface area contributed by atoms with Crippen LogP contribution in [-0.4, -0.2) is 25.8 Å². The first-order valence-corrected chi connectivity index (χ1v) is 6.40. The minimum atomic E-state index is -0.816. The zero-order chi connectivity index (χ0) is 13.4. The van der Waals surface area contributed by atoms with Crippen LogP contribution in [0.25, 0.3) is 11.4 Å². The summed E-state index contributed by atoms with van der Waals surface area (Å²) in [6, 6.07) is 7.94. The van der Waals surface area contributed by atoms with E-state index in [0.29, 0.717) is 18.1 Å². The van der Waals surface area contributed by atoms with E-state index in [1.165, 1.54) is 5.56 Å². The van der Waals surface area contributed by atoms with Gasteiger partial charge >= 0.3 is 5.97 Å². The zero-order valence-corrected chi connectivity index (χ0v) is 10.7. The van der Waals surface area contributed by atoms with Crippen LogP contribution in [-0.2, 0) is 11.3 Å². The number of rotatable bonds is 2. The Balaban J connectivity index is 2.02. The van der Waals surface area contributed by atoms with E-state index >= 15 is 0 Å². The number of carbonyl (C=O) groups is 1. The number of aliphatic carboxylic acids is 1. The van der Waals surface area contributed by atoms with Gasteiger partial charge in [0, 0.05) is 12.1 Å². The summed E-state index contributed by atoms with van der Waals surface area (Å²) in [5, 5.41) is 13.6. The van der Waals surface area contributed by atoms with Crippen LogP contribution in [0.2, 0.25) is 0 Å². The van der Waals surface area contributed by atoms with Gasteiger partial charge < -0.3 is 5.11 Å². The summed E-state index contributed by atoms with van der Waals surface area (Å²) in [5.41, 5.74) is 2.10. The molecule has 0 radical (unpaired) electrons. The van der Waals surface area contributed by atoms with E-state index in [1.54, 1.807) is 4.68 Å². The Morgan fingerprint density at radius 3 is 2.79 bits per heavy atom. The number of carboxylic acid groups (broad SMARTS) is 1. The quantitative estimate of drug-likeness (QED) is 0.895. The number of hydrogen-bond donors (Lipinski definition) is 1. The third kappa shape index (κ3) is 2.12. The van der Waals surface area contributed by atoms with E-state index in [2.05, 4.69) is 10.1 Å². The van der Waals surface area contributed by atoms with Gasteiger partial charge in [-0.25, -0.2) is 9.67 Å². The Morgan fingerprint density at radius 2 is 2.11 bits per heavy atom. The summed E-state index contributed by atoms with van der Waals surface area (Å²) in [6.07, 6.45) is 1.47. The molecule has 0 spiro atoms. The molecule has 1 aliphatic rings. The van der Waals surface area contributed by atoms with Gasteiger partial charge in [0.15, 0.2) is 5.82 Å². The highest BCUT2D eigenvalue weighted by atomic mass is 16.4. The first-order valence-electron chi connectivity index (χ1n) is 6.40. The van der Waals surface area contributed by atoms with E-state index in [1.807, 2.05) is 31.2 Å². The number of carboxylic acids is 1. The van der Waals surface area contributed by atoms with E-state index in [9.17, 15) is 9.90 Å². The molecule has 0 fully saturated rings. The van der Waals surface area contributed by atoms with E-state index in [0.717, 1.165) is 18.5 Å². The molecule has 1 aliphatic heterocycles. The lowest BCUT2D eigenvalue weighted by Gasteiger charge is -2.17.